The summed E-state index contributed by atoms with van der Waals surface area (Å²) in [6.07, 6.45) is 1.90. The summed E-state index contributed by atoms with van der Waals surface area (Å²) in [6, 6.07) is 0. The van der Waals surface area contributed by atoms with E-state index in [9.17, 15) is 4.79 Å². The van der Waals surface area contributed by atoms with Crippen LogP contribution < -0.4 is 21.5 Å². The molecule has 1 aliphatic rings. The lowest BCUT2D eigenvalue weighted by Crippen LogP contribution is -2.43. The minimum Gasteiger partial charge on any atom is -0.359 e. The number of nitrogen functional groups attached to an aromatic ring is 1. The first-order valence-corrected chi connectivity index (χ1v) is 6.85. The number of anilines is 2. The summed E-state index contributed by atoms with van der Waals surface area (Å²) < 4.78 is 0. The van der Waals surface area contributed by atoms with Crippen LogP contribution in [0.5, 0.6) is 0 Å². The molecule has 4 N–H and O–H groups in total. The number of hydrazine groups is 1. The fraction of sp³-hybridized carbons (Fsp3) is 0.615. The number of hydrogen-bond acceptors (Lipinski definition) is 6. The van der Waals surface area contributed by atoms with Crippen molar-refractivity contribution in [3.8, 4) is 0 Å². The third kappa shape index (κ3) is 2.82. The zero-order valence-corrected chi connectivity index (χ0v) is 12.2. The molecule has 2 rings (SSSR count). The van der Waals surface area contributed by atoms with Gasteiger partial charge in [-0.1, -0.05) is 0 Å². The predicted octanol–water partition coefficient (Wildman–Crippen LogP) is 0.341. The van der Waals surface area contributed by atoms with E-state index in [-0.39, 0.29) is 11.8 Å². The number of piperidine rings is 1. The quantitative estimate of drug-likeness (QED) is 0.545. The van der Waals surface area contributed by atoms with Crippen molar-refractivity contribution in [2.75, 3.05) is 30.5 Å². The minimum absolute atomic E-state index is 0.0118. The summed E-state index contributed by atoms with van der Waals surface area (Å²) in [6.45, 7) is 5.35. The number of aryl methyl sites for hydroxylation is 1. The molecule has 1 atom stereocenters. The third-order valence-corrected chi connectivity index (χ3v) is 3.71. The molecule has 2 heterocycles. The van der Waals surface area contributed by atoms with Gasteiger partial charge in [-0.2, -0.15) is 0 Å². The van der Waals surface area contributed by atoms with Crippen LogP contribution in [0.3, 0.4) is 0 Å². The van der Waals surface area contributed by atoms with Gasteiger partial charge in [-0.3, -0.25) is 4.79 Å². The number of nitrogens with one attached hydrogen (secondary N) is 2. The van der Waals surface area contributed by atoms with Crippen LogP contribution in [-0.4, -0.2) is 36.0 Å². The highest BCUT2D eigenvalue weighted by Crippen LogP contribution is 2.27. The Morgan fingerprint density at radius 3 is 2.80 bits per heavy atom. The molecule has 0 spiro atoms. The highest BCUT2D eigenvalue weighted by molar-refractivity contribution is 5.79. The molecule has 1 saturated heterocycles. The summed E-state index contributed by atoms with van der Waals surface area (Å²) in [5, 5.41) is 2.72. The first kappa shape index (κ1) is 14.5. The molecule has 0 bridgehead atoms. The Kier molecular flexibility index (Phi) is 4.39. The van der Waals surface area contributed by atoms with Crippen molar-refractivity contribution in [3.63, 3.8) is 0 Å². The fourth-order valence-corrected chi connectivity index (χ4v) is 2.65. The molecule has 0 radical (unpaired) electrons. The molecule has 7 heteroatoms. The summed E-state index contributed by atoms with van der Waals surface area (Å²) in [4.78, 5) is 22.7. The fourth-order valence-electron chi connectivity index (χ4n) is 2.65. The first-order chi connectivity index (χ1) is 9.56. The lowest BCUT2D eigenvalue weighted by molar-refractivity contribution is -0.124. The zero-order valence-electron chi connectivity index (χ0n) is 12.2. The Balaban J connectivity index is 2.27. The van der Waals surface area contributed by atoms with Crippen molar-refractivity contribution in [3.05, 3.63) is 11.4 Å². The van der Waals surface area contributed by atoms with Crippen LogP contribution in [0.25, 0.3) is 0 Å². The molecule has 1 fully saturated rings. The van der Waals surface area contributed by atoms with Crippen LogP contribution in [-0.2, 0) is 4.79 Å². The number of carbonyl (C=O) groups excluding carboxylic acids is 1. The van der Waals surface area contributed by atoms with Crippen LogP contribution in [0.1, 0.15) is 24.2 Å². The Morgan fingerprint density at radius 1 is 1.40 bits per heavy atom. The lowest BCUT2D eigenvalue weighted by atomic mass is 9.97. The summed E-state index contributed by atoms with van der Waals surface area (Å²) in [5.41, 5.74) is 3.52. The van der Waals surface area contributed by atoms with Gasteiger partial charge in [0.2, 0.25) is 5.91 Å². The van der Waals surface area contributed by atoms with Gasteiger partial charge in [0.1, 0.15) is 17.5 Å². The van der Waals surface area contributed by atoms with Gasteiger partial charge in [-0.15, -0.1) is 0 Å². The van der Waals surface area contributed by atoms with Crippen molar-refractivity contribution in [1.29, 1.82) is 0 Å². The number of aromatic nitrogens is 2. The number of nitrogens with two attached hydrogens (primary N) is 1. The maximum absolute atomic E-state index is 11.8. The highest BCUT2D eigenvalue weighted by atomic mass is 16.1. The number of amides is 1. The molecule has 110 valence electrons. The second-order valence-corrected chi connectivity index (χ2v) is 5.11. The van der Waals surface area contributed by atoms with Crippen molar-refractivity contribution in [2.45, 2.75) is 26.7 Å². The Labute approximate surface area is 118 Å². The summed E-state index contributed by atoms with van der Waals surface area (Å²) in [5.74, 6) is 7.76. The van der Waals surface area contributed by atoms with Gasteiger partial charge in [-0.25, -0.2) is 15.8 Å². The maximum atomic E-state index is 11.8. The Bertz CT molecular complexity index is 504. The molecule has 1 unspecified atom stereocenters. The summed E-state index contributed by atoms with van der Waals surface area (Å²) in [7, 11) is 1.68. The third-order valence-electron chi connectivity index (χ3n) is 3.71. The molecule has 1 aromatic heterocycles. The van der Waals surface area contributed by atoms with E-state index in [1.807, 2.05) is 13.8 Å². The number of rotatable bonds is 3. The van der Waals surface area contributed by atoms with Gasteiger partial charge in [0.15, 0.2) is 0 Å². The van der Waals surface area contributed by atoms with E-state index in [2.05, 4.69) is 25.6 Å². The van der Waals surface area contributed by atoms with Crippen LogP contribution in [0.15, 0.2) is 0 Å². The van der Waals surface area contributed by atoms with Crippen LogP contribution >= 0.6 is 0 Å². The average Bonchev–Trinajstić information content (AvgIpc) is 2.48. The lowest BCUT2D eigenvalue weighted by Gasteiger charge is -2.33. The largest absolute Gasteiger partial charge is 0.359 e. The topological polar surface area (TPSA) is 96.2 Å². The van der Waals surface area contributed by atoms with E-state index in [1.165, 1.54) is 0 Å². The Morgan fingerprint density at radius 2 is 2.15 bits per heavy atom. The zero-order chi connectivity index (χ0) is 14.7. The van der Waals surface area contributed by atoms with E-state index in [0.29, 0.717) is 18.2 Å². The minimum atomic E-state index is 0.0118. The monoisotopic (exact) mass is 278 g/mol. The standard InChI is InChI=1S/C13H22N6O/c1-8-11(18-14)16-9(2)17-12(8)19-6-4-5-10(7-19)13(20)15-3/h10H,4-7,14H2,1-3H3,(H,15,20)(H,16,17,18). The van der Waals surface area contributed by atoms with E-state index in [1.54, 1.807) is 7.05 Å². The molecule has 7 nitrogen and oxygen atoms in total. The Hall–Kier alpha value is -1.89. The normalized spacial score (nSPS) is 18.8. The second kappa shape index (κ2) is 6.04. The van der Waals surface area contributed by atoms with E-state index in [4.69, 9.17) is 5.84 Å². The first-order valence-electron chi connectivity index (χ1n) is 6.85. The molecule has 0 saturated carbocycles. The van der Waals surface area contributed by atoms with Crippen molar-refractivity contribution in [1.82, 2.24) is 15.3 Å². The second-order valence-electron chi connectivity index (χ2n) is 5.11. The molecular weight excluding hydrogens is 256 g/mol. The molecule has 0 aromatic carbocycles. The molecule has 1 amide bonds. The summed E-state index contributed by atoms with van der Waals surface area (Å²) >= 11 is 0. The molecule has 1 aliphatic heterocycles. The van der Waals surface area contributed by atoms with Gasteiger partial charge in [0.05, 0.1) is 5.92 Å². The van der Waals surface area contributed by atoms with Crippen LogP contribution in [0.2, 0.25) is 0 Å². The van der Waals surface area contributed by atoms with E-state index >= 15 is 0 Å². The van der Waals surface area contributed by atoms with Gasteiger partial charge in [0.25, 0.3) is 0 Å². The number of hydrogen-bond donors (Lipinski definition) is 3. The average molecular weight is 278 g/mol. The van der Waals surface area contributed by atoms with Gasteiger partial charge in [-0.05, 0) is 26.7 Å². The molecule has 0 aliphatic carbocycles. The van der Waals surface area contributed by atoms with Gasteiger partial charge < -0.3 is 15.6 Å². The molecular formula is C13H22N6O. The number of carbonyl (C=O) groups is 1. The number of nitrogens with zero attached hydrogens (tertiary/aromatic N) is 3. The highest BCUT2D eigenvalue weighted by Gasteiger charge is 2.27. The predicted molar refractivity (Wildman–Crippen MR) is 78.3 cm³/mol. The van der Waals surface area contributed by atoms with Gasteiger partial charge in [0, 0.05) is 25.7 Å². The van der Waals surface area contributed by atoms with Crippen molar-refractivity contribution in [2.24, 2.45) is 11.8 Å². The molecule has 1 aromatic rings. The van der Waals surface area contributed by atoms with E-state index in [0.717, 1.165) is 30.8 Å². The van der Waals surface area contributed by atoms with Crippen molar-refractivity contribution >= 4 is 17.5 Å². The van der Waals surface area contributed by atoms with Crippen LogP contribution in [0.4, 0.5) is 11.6 Å². The molecule has 20 heavy (non-hydrogen) atoms. The van der Waals surface area contributed by atoms with Gasteiger partial charge >= 0.3 is 0 Å². The smallest absolute Gasteiger partial charge is 0.224 e. The maximum Gasteiger partial charge on any atom is 0.224 e. The SMILES string of the molecule is CNC(=O)C1CCCN(c2nc(C)nc(NN)c2C)C1. The van der Waals surface area contributed by atoms with E-state index < -0.39 is 0 Å². The van der Waals surface area contributed by atoms with Crippen molar-refractivity contribution < 1.29 is 4.79 Å². The van der Waals surface area contributed by atoms with Crippen LogP contribution in [0, 0.1) is 19.8 Å².